The van der Waals surface area contributed by atoms with Crippen LogP contribution in [0.1, 0.15) is 17.4 Å². The molecule has 1 aromatic carbocycles. The third-order valence-corrected chi connectivity index (χ3v) is 1.84. The largest absolute Gasteiger partial charge is 0.374 e. The number of benzene rings is 1. The molecular formula is C8H10BrNO. The van der Waals surface area contributed by atoms with Crippen LogP contribution in [0.2, 0.25) is 0 Å². The maximum Gasteiger partial charge on any atom is 0.131 e. The first-order chi connectivity index (χ1) is 4.88. The van der Waals surface area contributed by atoms with E-state index in [4.69, 9.17) is 0 Å². The second-order valence-electron chi connectivity index (χ2n) is 2.48. The predicted molar refractivity (Wildman–Crippen MR) is 48.6 cm³/mol. The van der Waals surface area contributed by atoms with Gasteiger partial charge in [0.15, 0.2) is 0 Å². The summed E-state index contributed by atoms with van der Waals surface area (Å²) in [6.07, 6.45) is -0.448. The molecule has 60 valence electrons. The fourth-order valence-electron chi connectivity index (χ4n) is 1.28. The van der Waals surface area contributed by atoms with E-state index in [0.29, 0.717) is 0 Å². The van der Waals surface area contributed by atoms with Crippen LogP contribution in [0.15, 0.2) is 24.3 Å². The number of halogens is 1. The van der Waals surface area contributed by atoms with Crippen molar-refractivity contribution in [2.45, 2.75) is 12.8 Å². The smallest absolute Gasteiger partial charge is 0.131 e. The molecular weight excluding hydrogens is 206 g/mol. The van der Waals surface area contributed by atoms with Gasteiger partial charge in [0.2, 0.25) is 0 Å². The monoisotopic (exact) mass is 215 g/mol. The van der Waals surface area contributed by atoms with Crippen molar-refractivity contribution in [2.75, 3.05) is 0 Å². The molecule has 0 spiro atoms. The third-order valence-electron chi connectivity index (χ3n) is 1.84. The molecule has 0 saturated carbocycles. The molecule has 3 heteroatoms. The third kappa shape index (κ3) is 1.45. The molecule has 2 N–H and O–H groups in total. The molecule has 1 unspecified atom stereocenters. The minimum Gasteiger partial charge on any atom is -0.374 e. The summed E-state index contributed by atoms with van der Waals surface area (Å²) in [5.41, 5.74) is 2.22. The Morgan fingerprint density at radius 1 is 1.36 bits per heavy atom. The normalized spacial score (nSPS) is 20.6. The molecule has 11 heavy (non-hydrogen) atoms. The summed E-state index contributed by atoms with van der Waals surface area (Å²) in [6, 6.07) is 7.90. The van der Waals surface area contributed by atoms with E-state index in [0.717, 1.165) is 12.1 Å². The Labute approximate surface area is 76.0 Å². The van der Waals surface area contributed by atoms with E-state index in [9.17, 15) is 5.11 Å². The van der Waals surface area contributed by atoms with Gasteiger partial charge in [0, 0.05) is 6.54 Å². The summed E-state index contributed by atoms with van der Waals surface area (Å²) in [6.45, 7) is 0.789. The maximum atomic E-state index is 9.27. The lowest BCUT2D eigenvalue weighted by atomic mass is 10.1. The first-order valence-corrected chi connectivity index (χ1v) is 3.37. The Bertz CT molecular complexity index is 252. The number of hydrogen-bond acceptors (Lipinski definition) is 2. The summed E-state index contributed by atoms with van der Waals surface area (Å²) < 4.78 is 0. The molecule has 1 heterocycles. The van der Waals surface area contributed by atoms with Crippen LogP contribution < -0.4 is 5.32 Å². The molecule has 2 rings (SSSR count). The zero-order valence-electron chi connectivity index (χ0n) is 5.95. The minimum absolute atomic E-state index is 0. The molecule has 2 nitrogen and oxygen atoms in total. The Kier molecular flexibility index (Phi) is 2.65. The molecule has 0 amide bonds. The molecule has 0 saturated heterocycles. The van der Waals surface area contributed by atoms with Gasteiger partial charge in [-0.1, -0.05) is 24.3 Å². The van der Waals surface area contributed by atoms with Gasteiger partial charge < -0.3 is 5.11 Å². The van der Waals surface area contributed by atoms with Gasteiger partial charge in [0.25, 0.3) is 0 Å². The van der Waals surface area contributed by atoms with Crippen LogP contribution in [-0.4, -0.2) is 5.11 Å². The first-order valence-electron chi connectivity index (χ1n) is 3.37. The van der Waals surface area contributed by atoms with E-state index in [1.807, 2.05) is 24.3 Å². The Hall–Kier alpha value is -0.380. The summed E-state index contributed by atoms with van der Waals surface area (Å²) in [5, 5.41) is 12.2. The van der Waals surface area contributed by atoms with Crippen molar-refractivity contribution in [1.82, 2.24) is 5.32 Å². The van der Waals surface area contributed by atoms with Crippen LogP contribution in [0.4, 0.5) is 0 Å². The zero-order chi connectivity index (χ0) is 6.97. The van der Waals surface area contributed by atoms with Crippen molar-refractivity contribution in [3.05, 3.63) is 35.4 Å². The molecule has 0 fully saturated rings. The lowest BCUT2D eigenvalue weighted by molar-refractivity contribution is 0.151. The summed E-state index contributed by atoms with van der Waals surface area (Å²) in [5.74, 6) is 0. The van der Waals surface area contributed by atoms with Gasteiger partial charge in [-0.3, -0.25) is 5.32 Å². The highest BCUT2D eigenvalue weighted by Gasteiger charge is 2.17. The van der Waals surface area contributed by atoms with E-state index in [-0.39, 0.29) is 17.0 Å². The highest BCUT2D eigenvalue weighted by Crippen LogP contribution is 2.21. The van der Waals surface area contributed by atoms with Gasteiger partial charge in [-0.25, -0.2) is 0 Å². The number of hydrogen-bond donors (Lipinski definition) is 2. The summed E-state index contributed by atoms with van der Waals surface area (Å²) >= 11 is 0. The fraction of sp³-hybridized carbons (Fsp3) is 0.250. The quantitative estimate of drug-likeness (QED) is 0.686. The van der Waals surface area contributed by atoms with E-state index in [2.05, 4.69) is 5.32 Å². The molecule has 1 aromatic rings. The van der Waals surface area contributed by atoms with Crippen molar-refractivity contribution >= 4 is 17.0 Å². The number of fused-ring (bicyclic) bond motifs is 1. The number of nitrogens with one attached hydrogen (secondary N) is 1. The van der Waals surface area contributed by atoms with E-state index in [1.54, 1.807) is 0 Å². The Morgan fingerprint density at radius 2 is 2.09 bits per heavy atom. The lowest BCUT2D eigenvalue weighted by Crippen LogP contribution is -2.09. The topological polar surface area (TPSA) is 32.3 Å². The van der Waals surface area contributed by atoms with Crippen molar-refractivity contribution in [3.63, 3.8) is 0 Å². The van der Waals surface area contributed by atoms with Crippen LogP contribution in [0, 0.1) is 0 Å². The Balaban J connectivity index is 0.000000605. The van der Waals surface area contributed by atoms with Gasteiger partial charge in [0.05, 0.1) is 0 Å². The molecule has 1 aliphatic rings. The average molecular weight is 216 g/mol. The number of aliphatic hydroxyl groups is 1. The summed E-state index contributed by atoms with van der Waals surface area (Å²) in [7, 11) is 0. The van der Waals surface area contributed by atoms with Gasteiger partial charge in [0.1, 0.15) is 6.23 Å². The maximum absolute atomic E-state index is 9.27. The van der Waals surface area contributed by atoms with Crippen molar-refractivity contribution in [1.29, 1.82) is 0 Å². The molecule has 0 radical (unpaired) electrons. The molecule has 0 bridgehead atoms. The van der Waals surface area contributed by atoms with Crippen LogP contribution in [0.25, 0.3) is 0 Å². The molecule has 1 atom stereocenters. The second kappa shape index (κ2) is 3.34. The number of aliphatic hydroxyl groups excluding tert-OH is 1. The zero-order valence-corrected chi connectivity index (χ0v) is 7.66. The lowest BCUT2D eigenvalue weighted by Gasteiger charge is -2.00. The molecule has 0 aliphatic carbocycles. The molecule has 0 aromatic heterocycles. The van der Waals surface area contributed by atoms with Gasteiger partial charge >= 0.3 is 0 Å². The van der Waals surface area contributed by atoms with Gasteiger partial charge in [-0.2, -0.15) is 0 Å². The second-order valence-corrected chi connectivity index (χ2v) is 2.48. The number of rotatable bonds is 0. The highest BCUT2D eigenvalue weighted by atomic mass is 79.9. The van der Waals surface area contributed by atoms with E-state index < -0.39 is 6.23 Å². The van der Waals surface area contributed by atoms with Crippen LogP contribution in [-0.2, 0) is 6.54 Å². The first kappa shape index (κ1) is 8.71. The van der Waals surface area contributed by atoms with Gasteiger partial charge in [-0.15, -0.1) is 17.0 Å². The van der Waals surface area contributed by atoms with Crippen LogP contribution >= 0.6 is 17.0 Å². The van der Waals surface area contributed by atoms with Crippen LogP contribution in [0.3, 0.4) is 0 Å². The standard InChI is InChI=1S/C8H9NO.BrH/c10-8-7-4-2-1-3-6(7)5-9-8;/h1-4,8-10H,5H2;1H. The minimum atomic E-state index is -0.448. The predicted octanol–water partition coefficient (Wildman–Crippen LogP) is 1.36. The van der Waals surface area contributed by atoms with E-state index in [1.165, 1.54) is 5.56 Å². The van der Waals surface area contributed by atoms with E-state index >= 15 is 0 Å². The Morgan fingerprint density at radius 3 is 2.82 bits per heavy atom. The van der Waals surface area contributed by atoms with Crippen molar-refractivity contribution in [3.8, 4) is 0 Å². The average Bonchev–Trinajstić information content (AvgIpc) is 2.34. The molecule has 1 aliphatic heterocycles. The highest BCUT2D eigenvalue weighted by molar-refractivity contribution is 8.93. The summed E-state index contributed by atoms with van der Waals surface area (Å²) in [4.78, 5) is 0. The van der Waals surface area contributed by atoms with Gasteiger partial charge in [-0.05, 0) is 11.1 Å². The fourth-order valence-corrected chi connectivity index (χ4v) is 1.28. The van der Waals surface area contributed by atoms with Crippen molar-refractivity contribution < 1.29 is 5.11 Å². The van der Waals surface area contributed by atoms with Crippen molar-refractivity contribution in [2.24, 2.45) is 0 Å². The SMILES string of the molecule is Br.OC1NCc2ccccc21. The van der Waals surface area contributed by atoms with Crippen LogP contribution in [0.5, 0.6) is 0 Å².